The number of aromatic nitrogens is 2. The van der Waals surface area contributed by atoms with Crippen LogP contribution in [0.3, 0.4) is 0 Å². The van der Waals surface area contributed by atoms with Gasteiger partial charge in [-0.1, -0.05) is 27.8 Å². The minimum Gasteiger partial charge on any atom is -0.591 e. The summed E-state index contributed by atoms with van der Waals surface area (Å²) in [6.07, 6.45) is 0. The van der Waals surface area contributed by atoms with Gasteiger partial charge in [0, 0.05) is 10.0 Å². The molecule has 22 heavy (non-hydrogen) atoms. The Morgan fingerprint density at radius 1 is 1.09 bits per heavy atom. The molecule has 8 heteroatoms. The van der Waals surface area contributed by atoms with Crippen LogP contribution in [0.15, 0.2) is 41.2 Å². The lowest BCUT2D eigenvalue weighted by Crippen LogP contribution is -2.14. The van der Waals surface area contributed by atoms with Gasteiger partial charge in [-0.2, -0.15) is 0 Å². The van der Waals surface area contributed by atoms with Crippen molar-refractivity contribution in [2.45, 2.75) is 0 Å². The van der Waals surface area contributed by atoms with Gasteiger partial charge in [-0.05, 0) is 36.4 Å². The Kier molecular flexibility index (Phi) is 3.98. The summed E-state index contributed by atoms with van der Waals surface area (Å²) in [7, 11) is -2.85. The molecule has 0 aliphatic carbocycles. The third-order valence-corrected chi connectivity index (χ3v) is 4.33. The van der Waals surface area contributed by atoms with Gasteiger partial charge in [0.25, 0.3) is 5.56 Å². The zero-order chi connectivity index (χ0) is 15.9. The van der Waals surface area contributed by atoms with Crippen molar-refractivity contribution in [1.29, 1.82) is 0 Å². The standard InChI is InChI=1S/C14H7Cl2N2O3P/c15-7-1-3-11-9(5-7)14(19)18-13(17-11)10-6-8(16)2-4-12(10)22(20)21/h1-6H,(H,17,18,19). The highest BCUT2D eigenvalue weighted by atomic mass is 35.5. The zero-order valence-corrected chi connectivity index (χ0v) is 13.2. The van der Waals surface area contributed by atoms with Crippen LogP contribution in [-0.4, -0.2) is 9.97 Å². The second kappa shape index (κ2) is 5.78. The maximum Gasteiger partial charge on any atom is 0.349 e. The first-order chi connectivity index (χ1) is 10.5. The van der Waals surface area contributed by atoms with Crippen molar-refractivity contribution in [3.63, 3.8) is 0 Å². The molecule has 110 valence electrons. The summed E-state index contributed by atoms with van der Waals surface area (Å²) >= 11 is 11.8. The van der Waals surface area contributed by atoms with Gasteiger partial charge in [0.05, 0.1) is 16.5 Å². The lowest BCUT2D eigenvalue weighted by molar-refractivity contribution is -0.160. The molecule has 3 rings (SSSR count). The predicted octanol–water partition coefficient (Wildman–Crippen LogP) is 2.62. The number of benzene rings is 2. The summed E-state index contributed by atoms with van der Waals surface area (Å²) in [6, 6.07) is 8.98. The van der Waals surface area contributed by atoms with Crippen LogP contribution in [0.4, 0.5) is 0 Å². The maximum absolute atomic E-state index is 12.2. The van der Waals surface area contributed by atoms with Gasteiger partial charge >= 0.3 is 8.03 Å². The number of aromatic amines is 1. The molecule has 0 aliphatic heterocycles. The zero-order valence-electron chi connectivity index (χ0n) is 10.8. The predicted molar refractivity (Wildman–Crippen MR) is 85.1 cm³/mol. The van der Waals surface area contributed by atoms with Crippen molar-refractivity contribution in [2.24, 2.45) is 0 Å². The van der Waals surface area contributed by atoms with Crippen molar-refractivity contribution in [3.05, 3.63) is 56.8 Å². The average Bonchev–Trinajstić information content (AvgIpc) is 2.47. The molecule has 3 aromatic rings. The van der Waals surface area contributed by atoms with E-state index in [1.165, 1.54) is 24.3 Å². The Morgan fingerprint density at radius 3 is 2.50 bits per heavy atom. The SMILES string of the molecule is O=c1[nH]c(-c2cc(Cl)ccc2[P+](=O)[O-])nc2ccc(Cl)cc12. The molecule has 1 atom stereocenters. The Morgan fingerprint density at radius 2 is 1.77 bits per heavy atom. The van der Waals surface area contributed by atoms with Crippen LogP contribution in [0.5, 0.6) is 0 Å². The van der Waals surface area contributed by atoms with Crippen LogP contribution in [-0.2, 0) is 4.57 Å². The Balaban J connectivity index is 2.32. The van der Waals surface area contributed by atoms with E-state index in [0.717, 1.165) is 0 Å². The van der Waals surface area contributed by atoms with Gasteiger partial charge in [0.2, 0.25) is 0 Å². The molecule has 0 fully saturated rings. The fourth-order valence-corrected chi connectivity index (χ4v) is 3.00. The van der Waals surface area contributed by atoms with E-state index in [1.54, 1.807) is 12.1 Å². The van der Waals surface area contributed by atoms with E-state index in [0.29, 0.717) is 20.9 Å². The third kappa shape index (κ3) is 2.76. The molecule has 0 saturated heterocycles. The molecule has 2 aromatic carbocycles. The Labute approximate surface area is 135 Å². The second-order valence-electron chi connectivity index (χ2n) is 4.49. The molecule has 0 saturated carbocycles. The fraction of sp³-hybridized carbons (Fsp3) is 0. The highest BCUT2D eigenvalue weighted by molar-refractivity contribution is 7.46. The van der Waals surface area contributed by atoms with Crippen LogP contribution in [0.1, 0.15) is 0 Å². The number of hydrogen-bond donors (Lipinski definition) is 1. The fourth-order valence-electron chi connectivity index (χ4n) is 2.10. The van der Waals surface area contributed by atoms with Crippen LogP contribution < -0.4 is 15.8 Å². The number of rotatable bonds is 2. The number of nitrogens with one attached hydrogen (secondary N) is 1. The van der Waals surface area contributed by atoms with Gasteiger partial charge in [-0.3, -0.25) is 4.79 Å². The molecular formula is C14H7Cl2N2O3P. The Hall–Kier alpha value is -1.78. The number of nitrogens with zero attached hydrogens (tertiary/aromatic N) is 1. The number of halogens is 2. The summed E-state index contributed by atoms with van der Waals surface area (Å²) in [5.41, 5.74) is 0.252. The molecule has 0 amide bonds. The van der Waals surface area contributed by atoms with Crippen molar-refractivity contribution in [2.75, 3.05) is 0 Å². The monoisotopic (exact) mass is 352 g/mol. The molecule has 0 radical (unpaired) electrons. The molecule has 1 heterocycles. The van der Waals surface area contributed by atoms with E-state index in [4.69, 9.17) is 23.2 Å². The van der Waals surface area contributed by atoms with Gasteiger partial charge in [-0.25, -0.2) is 4.98 Å². The molecule has 1 aromatic heterocycles. The third-order valence-electron chi connectivity index (χ3n) is 3.08. The largest absolute Gasteiger partial charge is 0.591 e. The van der Waals surface area contributed by atoms with Crippen LogP contribution in [0.25, 0.3) is 22.3 Å². The van der Waals surface area contributed by atoms with Crippen molar-refractivity contribution in [1.82, 2.24) is 9.97 Å². The van der Waals surface area contributed by atoms with E-state index in [2.05, 4.69) is 9.97 Å². The summed E-state index contributed by atoms with van der Waals surface area (Å²) < 4.78 is 11.4. The van der Waals surface area contributed by atoms with Crippen molar-refractivity contribution < 1.29 is 9.46 Å². The Bertz CT molecular complexity index is 972. The first-order valence-electron chi connectivity index (χ1n) is 6.09. The van der Waals surface area contributed by atoms with E-state index < -0.39 is 13.6 Å². The highest BCUT2D eigenvalue weighted by Gasteiger charge is 2.19. The minimum absolute atomic E-state index is 0.0378. The van der Waals surface area contributed by atoms with Gasteiger partial charge in [0.1, 0.15) is 5.82 Å². The molecule has 0 bridgehead atoms. The van der Waals surface area contributed by atoms with Gasteiger partial charge in [-0.15, -0.1) is 0 Å². The topological polar surface area (TPSA) is 85.9 Å². The van der Waals surface area contributed by atoms with E-state index in [9.17, 15) is 14.3 Å². The second-order valence-corrected chi connectivity index (χ2v) is 6.36. The lowest BCUT2D eigenvalue weighted by Gasteiger charge is -2.05. The summed E-state index contributed by atoms with van der Waals surface area (Å²) in [5.74, 6) is 0.136. The molecule has 1 unspecified atom stereocenters. The number of H-pyrrole nitrogens is 1. The van der Waals surface area contributed by atoms with Crippen LogP contribution in [0, 0.1) is 0 Å². The number of fused-ring (bicyclic) bond motifs is 1. The smallest absolute Gasteiger partial charge is 0.349 e. The van der Waals surface area contributed by atoms with Crippen LogP contribution in [0.2, 0.25) is 10.0 Å². The highest BCUT2D eigenvalue weighted by Crippen LogP contribution is 2.25. The normalized spacial score (nSPS) is 11.7. The molecule has 1 N–H and O–H groups in total. The first-order valence-corrected chi connectivity index (χ1v) is 8.03. The van der Waals surface area contributed by atoms with E-state index in [-0.39, 0.29) is 16.7 Å². The summed E-state index contributed by atoms with van der Waals surface area (Å²) in [6.45, 7) is 0. The van der Waals surface area contributed by atoms with Crippen molar-refractivity contribution in [3.8, 4) is 11.4 Å². The molecule has 0 spiro atoms. The molecular weight excluding hydrogens is 346 g/mol. The average molecular weight is 353 g/mol. The summed E-state index contributed by atoms with van der Waals surface area (Å²) in [5, 5.41) is 1.12. The van der Waals surface area contributed by atoms with Crippen LogP contribution >= 0.6 is 31.2 Å². The van der Waals surface area contributed by atoms with E-state index >= 15 is 0 Å². The lowest BCUT2D eigenvalue weighted by atomic mass is 10.2. The summed E-state index contributed by atoms with van der Waals surface area (Å²) in [4.78, 5) is 30.4. The van der Waals surface area contributed by atoms with Gasteiger partial charge in [0.15, 0.2) is 5.30 Å². The minimum atomic E-state index is -2.85. The van der Waals surface area contributed by atoms with Crippen molar-refractivity contribution >= 4 is 47.4 Å². The molecule has 0 aliphatic rings. The maximum atomic E-state index is 12.2. The number of hydrogen-bond acceptors (Lipinski definition) is 4. The molecule has 5 nitrogen and oxygen atoms in total. The first kappa shape index (κ1) is 15.1. The van der Waals surface area contributed by atoms with E-state index in [1.807, 2.05) is 0 Å². The van der Waals surface area contributed by atoms with Gasteiger partial charge < -0.3 is 9.88 Å². The quantitative estimate of drug-likeness (QED) is 0.718.